The van der Waals surface area contributed by atoms with Crippen LogP contribution < -0.4 is 5.32 Å². The molecule has 0 radical (unpaired) electrons. The van der Waals surface area contributed by atoms with Gasteiger partial charge < -0.3 is 10.2 Å². The minimum absolute atomic E-state index is 0.0280. The smallest absolute Gasteiger partial charge is 0.241 e. The molecule has 0 spiro atoms. The van der Waals surface area contributed by atoms with Crippen LogP contribution in [0.2, 0.25) is 5.28 Å². The summed E-state index contributed by atoms with van der Waals surface area (Å²) in [5, 5.41) is 3.00. The van der Waals surface area contributed by atoms with Crippen LogP contribution in [0.15, 0.2) is 12.3 Å². The summed E-state index contributed by atoms with van der Waals surface area (Å²) in [4.78, 5) is 20.3. The molecule has 0 bridgehead atoms. The van der Waals surface area contributed by atoms with Crippen molar-refractivity contribution < 1.29 is 4.79 Å². The summed E-state index contributed by atoms with van der Waals surface area (Å²) in [5.74, 6) is 0.514. The molecule has 0 aliphatic rings. The molecule has 5 nitrogen and oxygen atoms in total. The highest BCUT2D eigenvalue weighted by Crippen LogP contribution is 2.04. The second kappa shape index (κ2) is 4.76. The second-order valence-electron chi connectivity index (χ2n) is 2.85. The van der Waals surface area contributed by atoms with Gasteiger partial charge in [0.2, 0.25) is 11.2 Å². The van der Waals surface area contributed by atoms with Crippen LogP contribution in [-0.4, -0.2) is 41.4 Å². The van der Waals surface area contributed by atoms with Crippen LogP contribution in [0.3, 0.4) is 0 Å². The molecular weight excluding hydrogens is 204 g/mol. The van der Waals surface area contributed by atoms with E-state index >= 15 is 0 Å². The van der Waals surface area contributed by atoms with Gasteiger partial charge in [-0.25, -0.2) is 9.97 Å². The van der Waals surface area contributed by atoms with Crippen LogP contribution in [0.25, 0.3) is 0 Å². The van der Waals surface area contributed by atoms with Gasteiger partial charge >= 0.3 is 0 Å². The Bertz CT molecular complexity index is 329. The summed E-state index contributed by atoms with van der Waals surface area (Å²) < 4.78 is 0. The highest BCUT2D eigenvalue weighted by molar-refractivity contribution is 6.28. The third kappa shape index (κ3) is 3.18. The van der Waals surface area contributed by atoms with Gasteiger partial charge in [-0.05, 0) is 17.7 Å². The standard InChI is InChI=1S/C8H11ClN4O/c1-13(2)7(14)5-11-6-3-4-10-8(9)12-6/h3-4H,5H2,1-2H3,(H,10,11,12). The first-order valence-electron chi connectivity index (χ1n) is 4.02. The molecule has 1 aromatic heterocycles. The van der Waals surface area contributed by atoms with E-state index in [-0.39, 0.29) is 17.7 Å². The zero-order valence-electron chi connectivity index (χ0n) is 7.99. The molecule has 1 rings (SSSR count). The Hall–Kier alpha value is -1.36. The Morgan fingerprint density at radius 2 is 2.36 bits per heavy atom. The molecule has 14 heavy (non-hydrogen) atoms. The second-order valence-corrected chi connectivity index (χ2v) is 3.19. The first-order valence-corrected chi connectivity index (χ1v) is 4.40. The molecule has 1 amide bonds. The summed E-state index contributed by atoms with van der Waals surface area (Å²) in [6, 6.07) is 1.65. The zero-order chi connectivity index (χ0) is 10.6. The third-order valence-corrected chi connectivity index (χ3v) is 1.73. The molecule has 76 valence electrons. The summed E-state index contributed by atoms with van der Waals surface area (Å²) in [7, 11) is 3.38. The third-order valence-electron chi connectivity index (χ3n) is 1.55. The van der Waals surface area contributed by atoms with Gasteiger partial charge in [-0.15, -0.1) is 0 Å². The van der Waals surface area contributed by atoms with E-state index in [2.05, 4.69) is 15.3 Å². The van der Waals surface area contributed by atoms with Gasteiger partial charge in [0.05, 0.1) is 6.54 Å². The molecule has 0 aliphatic heterocycles. The molecule has 0 aliphatic carbocycles. The summed E-state index contributed by atoms with van der Waals surface area (Å²) in [6.45, 7) is 0.195. The van der Waals surface area contributed by atoms with E-state index in [1.54, 1.807) is 20.2 Å². The Morgan fingerprint density at radius 1 is 1.64 bits per heavy atom. The fraction of sp³-hybridized carbons (Fsp3) is 0.375. The number of anilines is 1. The predicted octanol–water partition coefficient (Wildman–Crippen LogP) is 0.630. The average Bonchev–Trinajstić information content (AvgIpc) is 2.14. The molecule has 6 heteroatoms. The van der Waals surface area contributed by atoms with Gasteiger partial charge in [0.1, 0.15) is 5.82 Å². The van der Waals surface area contributed by atoms with E-state index in [0.717, 1.165) is 0 Å². The Kier molecular flexibility index (Phi) is 3.64. The maximum Gasteiger partial charge on any atom is 0.241 e. The van der Waals surface area contributed by atoms with Crippen molar-refractivity contribution in [1.82, 2.24) is 14.9 Å². The van der Waals surface area contributed by atoms with Crippen LogP contribution in [0.1, 0.15) is 0 Å². The Balaban J connectivity index is 2.50. The number of amides is 1. The molecule has 0 atom stereocenters. The van der Waals surface area contributed by atoms with Crippen molar-refractivity contribution >= 4 is 23.3 Å². The van der Waals surface area contributed by atoms with E-state index in [9.17, 15) is 4.79 Å². The Labute approximate surface area is 87.1 Å². The number of likely N-dealkylation sites (N-methyl/N-ethyl adjacent to an activating group) is 1. The van der Waals surface area contributed by atoms with E-state index in [4.69, 9.17) is 11.6 Å². The quantitative estimate of drug-likeness (QED) is 0.750. The average molecular weight is 215 g/mol. The lowest BCUT2D eigenvalue weighted by Crippen LogP contribution is -2.28. The first-order chi connectivity index (χ1) is 6.59. The molecule has 1 heterocycles. The van der Waals surface area contributed by atoms with Gasteiger partial charge in [0, 0.05) is 20.3 Å². The number of carbonyl (C=O) groups excluding carboxylic acids is 1. The van der Waals surface area contributed by atoms with E-state index in [1.807, 2.05) is 0 Å². The molecule has 0 aromatic carbocycles. The number of halogens is 1. The Morgan fingerprint density at radius 3 is 2.93 bits per heavy atom. The van der Waals surface area contributed by atoms with Gasteiger partial charge in [-0.2, -0.15) is 0 Å². The normalized spacial score (nSPS) is 9.64. The lowest BCUT2D eigenvalue weighted by atomic mass is 10.5. The molecule has 1 N–H and O–H groups in total. The number of hydrogen-bond acceptors (Lipinski definition) is 4. The minimum atomic E-state index is -0.0280. The van der Waals surface area contributed by atoms with Crippen molar-refractivity contribution in [3.8, 4) is 0 Å². The number of carbonyl (C=O) groups is 1. The highest BCUT2D eigenvalue weighted by Gasteiger charge is 2.03. The van der Waals surface area contributed by atoms with E-state index in [1.165, 1.54) is 11.1 Å². The van der Waals surface area contributed by atoms with Crippen molar-refractivity contribution in [2.75, 3.05) is 26.0 Å². The van der Waals surface area contributed by atoms with Crippen molar-refractivity contribution in [2.24, 2.45) is 0 Å². The molecule has 1 aromatic rings. The maximum absolute atomic E-state index is 11.2. The SMILES string of the molecule is CN(C)C(=O)CNc1ccnc(Cl)n1. The maximum atomic E-state index is 11.2. The number of nitrogens with one attached hydrogen (secondary N) is 1. The summed E-state index contributed by atoms with van der Waals surface area (Å²) in [5.41, 5.74) is 0. The molecule has 0 fully saturated rings. The van der Waals surface area contributed by atoms with Crippen LogP contribution >= 0.6 is 11.6 Å². The fourth-order valence-electron chi connectivity index (χ4n) is 0.758. The first kappa shape index (κ1) is 10.7. The van der Waals surface area contributed by atoms with Crippen molar-refractivity contribution in [2.45, 2.75) is 0 Å². The van der Waals surface area contributed by atoms with Gasteiger partial charge in [0.25, 0.3) is 0 Å². The number of rotatable bonds is 3. The molecule has 0 saturated heterocycles. The van der Waals surface area contributed by atoms with Gasteiger partial charge in [-0.1, -0.05) is 0 Å². The van der Waals surface area contributed by atoms with E-state index < -0.39 is 0 Å². The molecule has 0 unspecified atom stereocenters. The van der Waals surface area contributed by atoms with Crippen LogP contribution in [0, 0.1) is 0 Å². The summed E-state index contributed by atoms with van der Waals surface area (Å²) >= 11 is 5.57. The monoisotopic (exact) mass is 214 g/mol. The van der Waals surface area contributed by atoms with Crippen molar-refractivity contribution in [3.63, 3.8) is 0 Å². The van der Waals surface area contributed by atoms with E-state index in [0.29, 0.717) is 5.82 Å². The van der Waals surface area contributed by atoms with Crippen LogP contribution in [-0.2, 0) is 4.79 Å². The fourth-order valence-corrected chi connectivity index (χ4v) is 0.905. The number of aromatic nitrogens is 2. The molecule has 0 saturated carbocycles. The van der Waals surface area contributed by atoms with Crippen molar-refractivity contribution in [1.29, 1.82) is 0 Å². The predicted molar refractivity (Wildman–Crippen MR) is 54.2 cm³/mol. The lowest BCUT2D eigenvalue weighted by molar-refractivity contribution is -0.126. The lowest BCUT2D eigenvalue weighted by Gasteiger charge is -2.10. The topological polar surface area (TPSA) is 58.1 Å². The van der Waals surface area contributed by atoms with Crippen LogP contribution in [0.5, 0.6) is 0 Å². The molecular formula is C8H11ClN4O. The summed E-state index contributed by atoms with van der Waals surface area (Å²) in [6.07, 6.45) is 1.53. The highest BCUT2D eigenvalue weighted by atomic mass is 35.5. The van der Waals surface area contributed by atoms with Gasteiger partial charge in [0.15, 0.2) is 0 Å². The number of hydrogen-bond donors (Lipinski definition) is 1. The van der Waals surface area contributed by atoms with Gasteiger partial charge in [-0.3, -0.25) is 4.79 Å². The van der Waals surface area contributed by atoms with Crippen molar-refractivity contribution in [3.05, 3.63) is 17.5 Å². The number of nitrogens with zero attached hydrogens (tertiary/aromatic N) is 3. The largest absolute Gasteiger partial charge is 0.361 e. The zero-order valence-corrected chi connectivity index (χ0v) is 8.75. The van der Waals surface area contributed by atoms with Crippen LogP contribution in [0.4, 0.5) is 5.82 Å². The minimum Gasteiger partial charge on any atom is -0.361 e.